The van der Waals surface area contributed by atoms with Gasteiger partial charge in [-0.2, -0.15) is 5.10 Å². The lowest BCUT2D eigenvalue weighted by Gasteiger charge is -2.08. The molecule has 2 heterocycles. The van der Waals surface area contributed by atoms with E-state index in [1.807, 2.05) is 67.1 Å². The van der Waals surface area contributed by atoms with E-state index in [-0.39, 0.29) is 5.91 Å². The molecule has 0 bridgehead atoms. The smallest absolute Gasteiger partial charge is 0.253 e. The lowest BCUT2D eigenvalue weighted by atomic mass is 10.2. The van der Waals surface area contributed by atoms with Crippen LogP contribution in [0.15, 0.2) is 79.0 Å². The van der Waals surface area contributed by atoms with E-state index in [4.69, 9.17) is 4.74 Å². The number of amides is 1. The monoisotopic (exact) mass is 412 g/mol. The zero-order chi connectivity index (χ0) is 21.6. The first kappa shape index (κ1) is 20.3. The first-order valence-electron chi connectivity index (χ1n) is 10.1. The van der Waals surface area contributed by atoms with Crippen LogP contribution in [0.3, 0.4) is 0 Å². The van der Waals surface area contributed by atoms with E-state index in [9.17, 15) is 4.79 Å². The highest BCUT2D eigenvalue weighted by Gasteiger charge is 2.14. The molecule has 0 spiro atoms. The summed E-state index contributed by atoms with van der Waals surface area (Å²) in [6.07, 6.45) is 1.52. The van der Waals surface area contributed by atoms with E-state index in [2.05, 4.69) is 27.5 Å². The van der Waals surface area contributed by atoms with E-state index in [0.29, 0.717) is 30.3 Å². The van der Waals surface area contributed by atoms with Gasteiger partial charge in [0.2, 0.25) is 5.88 Å². The van der Waals surface area contributed by atoms with Gasteiger partial charge in [-0.15, -0.1) is 0 Å². The zero-order valence-electron chi connectivity index (χ0n) is 17.6. The first-order valence-corrected chi connectivity index (χ1v) is 10.1. The third kappa shape index (κ3) is 4.98. The van der Waals surface area contributed by atoms with Gasteiger partial charge in [-0.25, -0.2) is 4.98 Å². The molecule has 156 valence electrons. The van der Waals surface area contributed by atoms with Crippen molar-refractivity contribution in [1.29, 1.82) is 0 Å². The zero-order valence-corrected chi connectivity index (χ0v) is 17.6. The molecule has 6 nitrogen and oxygen atoms in total. The molecule has 0 saturated heterocycles. The molecule has 4 rings (SSSR count). The van der Waals surface area contributed by atoms with Crippen LogP contribution in [0.2, 0.25) is 0 Å². The van der Waals surface area contributed by atoms with Crippen molar-refractivity contribution >= 4 is 5.91 Å². The third-order valence-electron chi connectivity index (χ3n) is 5.10. The summed E-state index contributed by atoms with van der Waals surface area (Å²) in [7, 11) is 0. The number of para-hydroxylation sites is 1. The summed E-state index contributed by atoms with van der Waals surface area (Å²) in [4.78, 5) is 16.8. The van der Waals surface area contributed by atoms with E-state index in [0.717, 1.165) is 17.0 Å². The summed E-state index contributed by atoms with van der Waals surface area (Å²) in [5.74, 6) is 0.954. The van der Waals surface area contributed by atoms with Crippen LogP contribution in [0.25, 0.3) is 0 Å². The SMILES string of the molecule is Cc1nn(Cc2ccccc2)c(C)c1CNC(=O)c1ccc(Oc2ccccc2)nc1. The number of aryl methyl sites for hydroxylation is 1. The van der Waals surface area contributed by atoms with E-state index in [1.165, 1.54) is 11.8 Å². The van der Waals surface area contributed by atoms with E-state index < -0.39 is 0 Å². The Balaban J connectivity index is 1.38. The molecule has 0 unspecified atom stereocenters. The molecular weight excluding hydrogens is 388 g/mol. The number of ether oxygens (including phenoxy) is 1. The number of aromatic nitrogens is 3. The minimum absolute atomic E-state index is 0.187. The van der Waals surface area contributed by atoms with Crippen molar-refractivity contribution in [1.82, 2.24) is 20.1 Å². The van der Waals surface area contributed by atoms with Crippen LogP contribution in [0.4, 0.5) is 0 Å². The minimum Gasteiger partial charge on any atom is -0.439 e. The molecule has 0 saturated carbocycles. The van der Waals surface area contributed by atoms with Crippen LogP contribution in [-0.4, -0.2) is 20.7 Å². The molecule has 0 fully saturated rings. The number of hydrogen-bond donors (Lipinski definition) is 1. The van der Waals surface area contributed by atoms with Gasteiger partial charge in [0.05, 0.1) is 17.8 Å². The number of nitrogens with zero attached hydrogens (tertiary/aromatic N) is 3. The van der Waals surface area contributed by atoms with Crippen molar-refractivity contribution in [2.45, 2.75) is 26.9 Å². The van der Waals surface area contributed by atoms with Crippen LogP contribution in [-0.2, 0) is 13.1 Å². The second kappa shape index (κ2) is 9.26. The normalized spacial score (nSPS) is 10.6. The molecule has 1 amide bonds. The average Bonchev–Trinajstić information content (AvgIpc) is 3.06. The highest BCUT2D eigenvalue weighted by atomic mass is 16.5. The molecule has 0 radical (unpaired) electrons. The summed E-state index contributed by atoms with van der Waals surface area (Å²) in [5, 5.41) is 7.61. The molecule has 0 aliphatic heterocycles. The number of carbonyl (C=O) groups excluding carboxylic acids is 1. The summed E-state index contributed by atoms with van der Waals surface area (Å²) in [5.41, 5.74) is 4.66. The van der Waals surface area contributed by atoms with Crippen LogP contribution in [0, 0.1) is 13.8 Å². The van der Waals surface area contributed by atoms with Crippen molar-refractivity contribution in [3.05, 3.63) is 107 Å². The maximum atomic E-state index is 12.6. The summed E-state index contributed by atoms with van der Waals surface area (Å²) >= 11 is 0. The number of carbonyl (C=O) groups is 1. The van der Waals surface area contributed by atoms with Gasteiger partial charge in [0.1, 0.15) is 5.75 Å². The minimum atomic E-state index is -0.187. The maximum absolute atomic E-state index is 12.6. The number of pyridine rings is 1. The molecule has 2 aromatic heterocycles. The van der Waals surface area contributed by atoms with Gasteiger partial charge in [-0.1, -0.05) is 48.5 Å². The first-order chi connectivity index (χ1) is 15.1. The Morgan fingerprint density at radius 1 is 0.968 bits per heavy atom. The predicted molar refractivity (Wildman–Crippen MR) is 119 cm³/mol. The topological polar surface area (TPSA) is 69.0 Å². The Morgan fingerprint density at radius 2 is 1.68 bits per heavy atom. The van der Waals surface area contributed by atoms with Crippen molar-refractivity contribution in [3.8, 4) is 11.6 Å². The molecule has 0 atom stereocenters. The van der Waals surface area contributed by atoms with Crippen LogP contribution in [0.5, 0.6) is 11.6 Å². The van der Waals surface area contributed by atoms with Gasteiger partial charge in [-0.3, -0.25) is 9.48 Å². The second-order valence-electron chi connectivity index (χ2n) is 7.28. The van der Waals surface area contributed by atoms with Crippen molar-refractivity contribution in [3.63, 3.8) is 0 Å². The lowest BCUT2D eigenvalue weighted by Crippen LogP contribution is -2.23. The van der Waals surface area contributed by atoms with E-state index in [1.54, 1.807) is 12.1 Å². The van der Waals surface area contributed by atoms with Crippen molar-refractivity contribution in [2.75, 3.05) is 0 Å². The highest BCUT2D eigenvalue weighted by Crippen LogP contribution is 2.19. The Labute approximate surface area is 181 Å². The van der Waals surface area contributed by atoms with Gasteiger partial charge in [0, 0.05) is 30.1 Å². The fraction of sp³-hybridized carbons (Fsp3) is 0.160. The Kier molecular flexibility index (Phi) is 6.08. The van der Waals surface area contributed by atoms with Gasteiger partial charge in [0.25, 0.3) is 5.91 Å². The molecule has 0 aliphatic rings. The van der Waals surface area contributed by atoms with Crippen LogP contribution >= 0.6 is 0 Å². The number of rotatable bonds is 7. The van der Waals surface area contributed by atoms with Crippen LogP contribution in [0.1, 0.15) is 32.9 Å². The third-order valence-corrected chi connectivity index (χ3v) is 5.10. The predicted octanol–water partition coefficient (Wildman–Crippen LogP) is 4.67. The molecule has 2 aromatic carbocycles. The van der Waals surface area contributed by atoms with E-state index >= 15 is 0 Å². The molecule has 4 aromatic rings. The standard InChI is InChI=1S/C25H24N4O2/c1-18-23(19(2)29(28-18)17-20-9-5-3-6-10-20)16-27-25(30)21-13-14-24(26-15-21)31-22-11-7-4-8-12-22/h3-15H,16-17H2,1-2H3,(H,27,30). The summed E-state index contributed by atoms with van der Waals surface area (Å²) in [6, 6.07) is 23.0. The molecule has 1 N–H and O–H groups in total. The Morgan fingerprint density at radius 3 is 2.35 bits per heavy atom. The number of nitrogens with one attached hydrogen (secondary N) is 1. The van der Waals surface area contributed by atoms with Crippen molar-refractivity contribution < 1.29 is 9.53 Å². The summed E-state index contributed by atoms with van der Waals surface area (Å²) < 4.78 is 7.65. The fourth-order valence-electron chi connectivity index (χ4n) is 3.36. The molecular formula is C25H24N4O2. The quantitative estimate of drug-likeness (QED) is 0.479. The van der Waals surface area contributed by atoms with Crippen molar-refractivity contribution in [2.24, 2.45) is 0 Å². The number of benzene rings is 2. The maximum Gasteiger partial charge on any atom is 0.253 e. The lowest BCUT2D eigenvalue weighted by molar-refractivity contribution is 0.0950. The fourth-order valence-corrected chi connectivity index (χ4v) is 3.36. The van der Waals surface area contributed by atoms with Crippen LogP contribution < -0.4 is 10.1 Å². The second-order valence-corrected chi connectivity index (χ2v) is 7.28. The molecule has 0 aliphatic carbocycles. The molecule has 31 heavy (non-hydrogen) atoms. The largest absolute Gasteiger partial charge is 0.439 e. The average molecular weight is 412 g/mol. The van der Waals surface area contributed by atoms with Gasteiger partial charge in [-0.05, 0) is 37.6 Å². The van der Waals surface area contributed by atoms with Gasteiger partial charge in [0.15, 0.2) is 0 Å². The van der Waals surface area contributed by atoms with Gasteiger partial charge < -0.3 is 10.1 Å². The highest BCUT2D eigenvalue weighted by molar-refractivity contribution is 5.93. The number of hydrogen-bond acceptors (Lipinski definition) is 4. The molecule has 6 heteroatoms. The van der Waals surface area contributed by atoms with Gasteiger partial charge >= 0.3 is 0 Å². The Bertz CT molecular complexity index is 1150. The Hall–Kier alpha value is -3.93. The summed E-state index contributed by atoms with van der Waals surface area (Å²) in [6.45, 7) is 5.11.